The van der Waals surface area contributed by atoms with Crippen LogP contribution in [-0.2, 0) is 20.6 Å². The molecule has 1 aliphatic rings. The molecule has 4 rings (SSSR count). The second-order valence-corrected chi connectivity index (χ2v) is 10.1. The molecule has 0 fully saturated rings. The van der Waals surface area contributed by atoms with Crippen molar-refractivity contribution in [3.8, 4) is 6.07 Å². The molecule has 0 aromatic heterocycles. The number of rotatable bonds is 8. The SMILES string of the molecule is N#Cc1cccc2c1NC(=O)[C@@H](NC(=O)[C@H](CCC(F)(F)F)[C@@H](C(N)=O)c1ccccc1)CN2c1cccc(C(F)(F)F)c1. The van der Waals surface area contributed by atoms with Gasteiger partial charge < -0.3 is 21.3 Å². The van der Waals surface area contributed by atoms with Crippen LogP contribution < -0.4 is 21.3 Å². The first-order chi connectivity index (χ1) is 20.7. The molecule has 0 spiro atoms. The molecule has 3 aromatic rings. The van der Waals surface area contributed by atoms with Crippen LogP contribution in [0.1, 0.15) is 35.4 Å². The number of hydrogen-bond donors (Lipinski definition) is 3. The molecule has 0 bridgehead atoms. The van der Waals surface area contributed by atoms with E-state index >= 15 is 0 Å². The second kappa shape index (κ2) is 12.7. The molecule has 3 aromatic carbocycles. The van der Waals surface area contributed by atoms with Crippen molar-refractivity contribution in [2.45, 2.75) is 37.2 Å². The summed E-state index contributed by atoms with van der Waals surface area (Å²) in [6, 6.07) is 16.2. The predicted molar refractivity (Wildman–Crippen MR) is 147 cm³/mol. The van der Waals surface area contributed by atoms with E-state index in [-0.39, 0.29) is 28.2 Å². The van der Waals surface area contributed by atoms with Gasteiger partial charge in [0.15, 0.2) is 0 Å². The number of hydrogen-bond acceptors (Lipinski definition) is 5. The number of fused-ring (bicyclic) bond motifs is 1. The fraction of sp³-hybridized carbons (Fsp3) is 0.267. The number of halogens is 6. The third-order valence-electron chi connectivity index (χ3n) is 7.13. The molecule has 8 nitrogen and oxygen atoms in total. The molecule has 230 valence electrons. The van der Waals surface area contributed by atoms with Crippen molar-refractivity contribution in [1.29, 1.82) is 5.26 Å². The van der Waals surface area contributed by atoms with E-state index < -0.39 is 72.9 Å². The summed E-state index contributed by atoms with van der Waals surface area (Å²) >= 11 is 0. The van der Waals surface area contributed by atoms with Crippen molar-refractivity contribution in [1.82, 2.24) is 5.32 Å². The molecule has 4 N–H and O–H groups in total. The maximum atomic E-state index is 13.6. The maximum Gasteiger partial charge on any atom is 0.416 e. The minimum absolute atomic E-state index is 0.0271. The van der Waals surface area contributed by atoms with Gasteiger partial charge in [0.05, 0.1) is 40.9 Å². The molecular formula is C30H25F6N5O3. The summed E-state index contributed by atoms with van der Waals surface area (Å²) in [6.45, 7) is -0.473. The van der Waals surface area contributed by atoms with Crippen LogP contribution in [0, 0.1) is 17.2 Å². The van der Waals surface area contributed by atoms with E-state index in [1.54, 1.807) is 6.07 Å². The molecule has 1 aliphatic heterocycles. The summed E-state index contributed by atoms with van der Waals surface area (Å²) in [4.78, 5) is 40.8. The number of primary amides is 1. The van der Waals surface area contributed by atoms with Crippen molar-refractivity contribution in [2.24, 2.45) is 11.7 Å². The van der Waals surface area contributed by atoms with Crippen LogP contribution in [0.15, 0.2) is 72.8 Å². The Kier molecular flexibility index (Phi) is 9.17. The summed E-state index contributed by atoms with van der Waals surface area (Å²) in [7, 11) is 0. The Morgan fingerprint density at radius 1 is 1.02 bits per heavy atom. The highest BCUT2D eigenvalue weighted by Crippen LogP contribution is 2.39. The average Bonchev–Trinajstić information content (AvgIpc) is 3.10. The first-order valence-electron chi connectivity index (χ1n) is 13.2. The number of benzene rings is 3. The predicted octanol–water partition coefficient (Wildman–Crippen LogP) is 5.38. The van der Waals surface area contributed by atoms with E-state index in [1.165, 1.54) is 53.4 Å². The fourth-order valence-electron chi connectivity index (χ4n) is 5.07. The molecule has 1 heterocycles. The van der Waals surface area contributed by atoms with Gasteiger partial charge in [0, 0.05) is 12.1 Å². The topological polar surface area (TPSA) is 128 Å². The monoisotopic (exact) mass is 617 g/mol. The number of amides is 3. The molecule has 3 amide bonds. The number of carbonyl (C=O) groups excluding carboxylic acids is 3. The van der Waals surface area contributed by atoms with E-state index in [4.69, 9.17) is 5.73 Å². The molecule has 14 heteroatoms. The zero-order valence-electron chi connectivity index (χ0n) is 22.7. The minimum atomic E-state index is -4.71. The average molecular weight is 618 g/mol. The number of alkyl halides is 6. The van der Waals surface area contributed by atoms with Gasteiger partial charge in [-0.15, -0.1) is 0 Å². The fourth-order valence-corrected chi connectivity index (χ4v) is 5.07. The third-order valence-corrected chi connectivity index (χ3v) is 7.13. The van der Waals surface area contributed by atoms with Gasteiger partial charge in [-0.3, -0.25) is 14.4 Å². The van der Waals surface area contributed by atoms with Crippen LogP contribution in [0.2, 0.25) is 0 Å². The van der Waals surface area contributed by atoms with E-state index in [9.17, 15) is 46.0 Å². The van der Waals surface area contributed by atoms with Crippen LogP contribution in [0.4, 0.5) is 43.4 Å². The third kappa shape index (κ3) is 7.28. The number of anilines is 3. The molecule has 44 heavy (non-hydrogen) atoms. The first-order valence-corrected chi connectivity index (χ1v) is 13.2. The lowest BCUT2D eigenvalue weighted by Crippen LogP contribution is -2.51. The van der Waals surface area contributed by atoms with Crippen LogP contribution >= 0.6 is 0 Å². The number of nitrogens with zero attached hydrogens (tertiary/aromatic N) is 2. The van der Waals surface area contributed by atoms with Crippen molar-refractivity contribution >= 4 is 34.8 Å². The summed E-state index contributed by atoms with van der Waals surface area (Å²) < 4.78 is 80.5. The Hall–Kier alpha value is -5.06. The van der Waals surface area contributed by atoms with Gasteiger partial charge in [-0.2, -0.15) is 31.6 Å². The lowest BCUT2D eigenvalue weighted by Gasteiger charge is -2.30. The van der Waals surface area contributed by atoms with E-state index in [2.05, 4.69) is 10.6 Å². The van der Waals surface area contributed by atoms with Gasteiger partial charge in [0.1, 0.15) is 12.1 Å². The highest BCUT2D eigenvalue weighted by atomic mass is 19.4. The van der Waals surface area contributed by atoms with Gasteiger partial charge in [0.2, 0.25) is 17.7 Å². The largest absolute Gasteiger partial charge is 0.416 e. The van der Waals surface area contributed by atoms with Gasteiger partial charge in [0.25, 0.3) is 0 Å². The van der Waals surface area contributed by atoms with Gasteiger partial charge in [-0.25, -0.2) is 0 Å². The Bertz CT molecular complexity index is 1590. The number of para-hydroxylation sites is 1. The summed E-state index contributed by atoms with van der Waals surface area (Å²) in [5.74, 6) is -6.21. The van der Waals surface area contributed by atoms with Crippen LogP contribution in [0.3, 0.4) is 0 Å². The standard InChI is InChI=1S/C30H25F6N5O3/c31-29(32,33)13-12-21(24(26(38)42)17-6-2-1-3-7-17)27(43)39-22-16-41(20-10-5-9-19(14-20)30(34,35)36)23-11-4-8-18(15-37)25(23)40-28(22)44/h1-11,14,21-22,24H,12-13,16H2,(H2,38,42)(H,39,43)(H,40,44)/t21-,22+,24+/m1/s1. The summed E-state index contributed by atoms with van der Waals surface area (Å²) in [5, 5.41) is 14.5. The van der Waals surface area contributed by atoms with Crippen molar-refractivity contribution in [2.75, 3.05) is 16.8 Å². The molecule has 3 atom stereocenters. The Morgan fingerprint density at radius 2 is 1.70 bits per heavy atom. The number of nitrogens with one attached hydrogen (secondary N) is 2. The van der Waals surface area contributed by atoms with Crippen LogP contribution in [-0.4, -0.2) is 36.5 Å². The van der Waals surface area contributed by atoms with Crippen molar-refractivity contribution in [3.05, 3.63) is 89.5 Å². The first kappa shape index (κ1) is 31.9. The smallest absolute Gasteiger partial charge is 0.369 e. The zero-order valence-corrected chi connectivity index (χ0v) is 22.7. The summed E-state index contributed by atoms with van der Waals surface area (Å²) in [6.07, 6.45) is -11.7. The lowest BCUT2D eigenvalue weighted by atomic mass is 9.81. The zero-order chi connectivity index (χ0) is 32.2. The number of carbonyl (C=O) groups is 3. The van der Waals surface area contributed by atoms with E-state index in [0.29, 0.717) is 0 Å². The Labute approximate surface area is 247 Å². The van der Waals surface area contributed by atoms with Gasteiger partial charge >= 0.3 is 12.4 Å². The highest BCUT2D eigenvalue weighted by Gasteiger charge is 2.40. The molecule has 0 unspecified atom stereocenters. The van der Waals surface area contributed by atoms with Crippen LogP contribution in [0.25, 0.3) is 0 Å². The lowest BCUT2D eigenvalue weighted by molar-refractivity contribution is -0.144. The normalized spacial score (nSPS) is 16.5. The van der Waals surface area contributed by atoms with Crippen molar-refractivity contribution < 1.29 is 40.7 Å². The van der Waals surface area contributed by atoms with E-state index in [0.717, 1.165) is 18.2 Å². The Balaban J connectivity index is 1.75. The molecule has 0 saturated carbocycles. The number of nitriles is 1. The minimum Gasteiger partial charge on any atom is -0.369 e. The molecular weight excluding hydrogens is 592 g/mol. The quantitative estimate of drug-likeness (QED) is 0.293. The molecule has 0 saturated heterocycles. The second-order valence-electron chi connectivity index (χ2n) is 10.1. The maximum absolute atomic E-state index is 13.6. The van der Waals surface area contributed by atoms with Crippen LogP contribution in [0.5, 0.6) is 0 Å². The Morgan fingerprint density at radius 3 is 2.32 bits per heavy atom. The highest BCUT2D eigenvalue weighted by molar-refractivity contribution is 6.04. The molecule has 0 radical (unpaired) electrons. The summed E-state index contributed by atoms with van der Waals surface area (Å²) in [5.41, 5.74) is 4.77. The number of nitrogens with two attached hydrogens (primary N) is 1. The van der Waals surface area contributed by atoms with Crippen molar-refractivity contribution in [3.63, 3.8) is 0 Å². The van der Waals surface area contributed by atoms with Gasteiger partial charge in [-0.1, -0.05) is 42.5 Å². The molecule has 0 aliphatic carbocycles. The van der Waals surface area contributed by atoms with E-state index in [1.807, 2.05) is 6.07 Å². The van der Waals surface area contributed by atoms with Gasteiger partial charge in [-0.05, 0) is 42.3 Å².